The molecule has 15 heavy (non-hydrogen) atoms. The zero-order valence-corrected chi connectivity index (χ0v) is 11.5. The van der Waals surface area contributed by atoms with Gasteiger partial charge in [0.25, 0.3) is 0 Å². The van der Waals surface area contributed by atoms with E-state index in [1.54, 1.807) is 18.2 Å². The van der Waals surface area contributed by atoms with Gasteiger partial charge in [-0.15, -0.1) is 0 Å². The molecule has 0 bridgehead atoms. The molecule has 0 saturated carbocycles. The van der Waals surface area contributed by atoms with Gasteiger partial charge < -0.3 is 22.5 Å². The van der Waals surface area contributed by atoms with Crippen molar-refractivity contribution in [3.05, 3.63) is 35.9 Å². The van der Waals surface area contributed by atoms with Crippen molar-refractivity contribution >= 4 is 5.97 Å². The molecule has 0 radical (unpaired) electrons. The second-order valence-corrected chi connectivity index (χ2v) is 2.64. The first-order valence-corrected chi connectivity index (χ1v) is 4.97. The van der Waals surface area contributed by atoms with Gasteiger partial charge in [0.05, 0.1) is 5.97 Å². The average Bonchev–Trinajstić information content (AvgIpc) is 2.05. The molecule has 0 saturated heterocycles. The Bertz CT molecular complexity index is 254. The van der Waals surface area contributed by atoms with Gasteiger partial charge in [0.15, 0.2) is 0 Å². The van der Waals surface area contributed by atoms with E-state index >= 15 is 0 Å². The van der Waals surface area contributed by atoms with Gasteiger partial charge in [-0.25, -0.2) is 0 Å². The summed E-state index contributed by atoms with van der Waals surface area (Å²) in [7, 11) is 0. The maximum Gasteiger partial charge on any atom is 1.00 e. The van der Waals surface area contributed by atoms with E-state index < -0.39 is 20.8 Å². The van der Waals surface area contributed by atoms with Gasteiger partial charge in [0.1, 0.15) is 0 Å². The Morgan fingerprint density at radius 1 is 1.00 bits per heavy atom. The smallest absolute Gasteiger partial charge is 0.545 e. The molecule has 0 aliphatic heterocycles. The molecular formula is C7H5Ag2BrO5. The van der Waals surface area contributed by atoms with Crippen molar-refractivity contribution in [3.63, 3.8) is 0 Å². The first kappa shape index (κ1) is 20.9. The summed E-state index contributed by atoms with van der Waals surface area (Å²) in [4.78, 5) is 10.1. The second-order valence-electron chi connectivity index (χ2n) is 1.84. The Labute approximate surface area is 123 Å². The second kappa shape index (κ2) is 12.6. The van der Waals surface area contributed by atoms with Crippen LogP contribution in [-0.4, -0.2) is 5.97 Å². The largest absolute Gasteiger partial charge is 1.00 e. The number of carbonyl (C=O) groups is 1. The number of hydrogen-bond donors (Lipinski definition) is 0. The normalized spacial score (nSPS) is 7.73. The van der Waals surface area contributed by atoms with Gasteiger partial charge in [-0.05, 0) is 5.56 Å². The maximum atomic E-state index is 10.1. The SMILES string of the molecule is O=C([O-])c1ccccc1.[Ag+].[Ag+].[O-][Br+2]([O-])[O-]. The van der Waals surface area contributed by atoms with Crippen molar-refractivity contribution in [2.75, 3.05) is 0 Å². The van der Waals surface area contributed by atoms with E-state index in [1.807, 2.05) is 0 Å². The van der Waals surface area contributed by atoms with E-state index in [2.05, 4.69) is 0 Å². The van der Waals surface area contributed by atoms with Crippen LogP contribution in [0.1, 0.15) is 10.4 Å². The molecule has 0 fully saturated rings. The third-order valence-electron chi connectivity index (χ3n) is 1.01. The molecule has 5 nitrogen and oxygen atoms in total. The number of benzene rings is 1. The number of carbonyl (C=O) groups excluding carboxylic acids is 1. The van der Waals surface area contributed by atoms with Crippen LogP contribution in [0.5, 0.6) is 0 Å². The van der Waals surface area contributed by atoms with Crippen molar-refractivity contribution in [2.45, 2.75) is 0 Å². The van der Waals surface area contributed by atoms with Gasteiger partial charge in [-0.3, -0.25) is 0 Å². The van der Waals surface area contributed by atoms with Crippen molar-refractivity contribution < 1.29 is 82.1 Å². The zero-order chi connectivity index (χ0) is 10.3. The van der Waals surface area contributed by atoms with Crippen LogP contribution in [0, 0.1) is 14.8 Å². The molecule has 0 spiro atoms. The molecule has 1 aromatic carbocycles. The van der Waals surface area contributed by atoms with E-state index in [0.29, 0.717) is 0 Å². The molecule has 0 heterocycles. The molecule has 0 atom stereocenters. The molecular weight excluding hydrogens is 460 g/mol. The summed E-state index contributed by atoms with van der Waals surface area (Å²) in [6.07, 6.45) is 0. The van der Waals surface area contributed by atoms with Gasteiger partial charge in [-0.2, -0.15) is 0 Å². The van der Waals surface area contributed by atoms with E-state index in [0.717, 1.165) is 0 Å². The molecule has 0 aromatic heterocycles. The van der Waals surface area contributed by atoms with Crippen LogP contribution in [0.25, 0.3) is 0 Å². The fraction of sp³-hybridized carbons (Fsp3) is 0. The topological polar surface area (TPSA) is 109 Å². The number of carboxylic acids is 1. The molecule has 1 rings (SSSR count). The third kappa shape index (κ3) is 14.5. The quantitative estimate of drug-likeness (QED) is 0.400. The summed E-state index contributed by atoms with van der Waals surface area (Å²) < 4.78 is 25.6. The van der Waals surface area contributed by atoms with Crippen LogP contribution in [0.3, 0.4) is 0 Å². The van der Waals surface area contributed by atoms with Crippen LogP contribution >= 0.6 is 0 Å². The van der Waals surface area contributed by atoms with Crippen LogP contribution < -0.4 is 17.7 Å². The van der Waals surface area contributed by atoms with Crippen molar-refractivity contribution in [2.24, 2.45) is 0 Å². The third-order valence-corrected chi connectivity index (χ3v) is 1.01. The van der Waals surface area contributed by atoms with Crippen molar-refractivity contribution in [1.82, 2.24) is 0 Å². The monoisotopic (exact) mass is 462 g/mol. The van der Waals surface area contributed by atoms with Crippen LogP contribution in [0.4, 0.5) is 0 Å². The predicted octanol–water partition coefficient (Wildman–Crippen LogP) is -3.52. The van der Waals surface area contributed by atoms with Gasteiger partial charge in [0.2, 0.25) is 14.8 Å². The van der Waals surface area contributed by atoms with E-state index in [1.165, 1.54) is 12.1 Å². The summed E-state index contributed by atoms with van der Waals surface area (Å²) in [6.45, 7) is 0. The molecule has 1 aromatic rings. The molecule has 92 valence electrons. The van der Waals surface area contributed by atoms with Crippen molar-refractivity contribution in [3.8, 4) is 0 Å². The Kier molecular flexibility index (Phi) is 17.5. The predicted molar refractivity (Wildman–Crippen MR) is 30.8 cm³/mol. The summed E-state index contributed by atoms with van der Waals surface area (Å²) in [5, 5.41) is 10.1. The summed E-state index contributed by atoms with van der Waals surface area (Å²) >= 11 is -3.65. The molecule has 0 unspecified atom stereocenters. The van der Waals surface area contributed by atoms with E-state index in [-0.39, 0.29) is 50.3 Å². The number of hydrogen-bond acceptors (Lipinski definition) is 5. The number of halogens is 1. The van der Waals surface area contributed by atoms with Gasteiger partial charge >= 0.3 is 44.8 Å². The van der Waals surface area contributed by atoms with Crippen molar-refractivity contribution in [1.29, 1.82) is 0 Å². The molecule has 8 heteroatoms. The first-order valence-electron chi connectivity index (χ1n) is 3.03. The minimum atomic E-state index is -3.65. The number of aromatic carboxylic acids is 1. The Hall–Kier alpha value is 0.531. The average molecular weight is 465 g/mol. The summed E-state index contributed by atoms with van der Waals surface area (Å²) in [5.74, 6) is -1.13. The van der Waals surface area contributed by atoms with E-state index in [9.17, 15) is 9.90 Å². The molecule has 0 N–H and O–H groups in total. The summed E-state index contributed by atoms with van der Waals surface area (Å²) in [5.41, 5.74) is 0.220. The number of rotatable bonds is 1. The Morgan fingerprint density at radius 2 is 1.33 bits per heavy atom. The standard InChI is InChI=1S/C7H6O2.2Ag.BrO3/c8-7(9)6-4-2-1-3-5-6;;;2-1(3)4/h1-5H,(H,8,9);;;/q;2*+1;-1/p-1. The van der Waals surface area contributed by atoms with Crippen LogP contribution in [0.15, 0.2) is 30.3 Å². The minimum absolute atomic E-state index is 0. The molecule has 0 aliphatic rings. The van der Waals surface area contributed by atoms with Gasteiger partial charge in [0, 0.05) is 0 Å². The van der Waals surface area contributed by atoms with E-state index in [4.69, 9.17) is 12.6 Å². The fourth-order valence-electron chi connectivity index (χ4n) is 0.574. The minimum Gasteiger partial charge on any atom is -0.545 e. The fourth-order valence-corrected chi connectivity index (χ4v) is 0.574. The number of carboxylic acid groups (broad SMARTS) is 1. The zero-order valence-electron chi connectivity index (χ0n) is 6.91. The first-order chi connectivity index (χ1) is 6.04. The summed E-state index contributed by atoms with van der Waals surface area (Å²) in [6, 6.07) is 8.06. The van der Waals surface area contributed by atoms with Crippen LogP contribution in [0.2, 0.25) is 0 Å². The Balaban J connectivity index is -0.000000213. The van der Waals surface area contributed by atoms with Gasteiger partial charge in [-0.1, -0.05) is 30.3 Å². The molecule has 0 aliphatic carbocycles. The maximum absolute atomic E-state index is 10.1. The van der Waals surface area contributed by atoms with Crippen LogP contribution in [-0.2, 0) is 44.8 Å². The Morgan fingerprint density at radius 3 is 1.53 bits per heavy atom. The molecule has 0 amide bonds.